The van der Waals surface area contributed by atoms with Gasteiger partial charge in [-0.15, -0.1) is 0 Å². The van der Waals surface area contributed by atoms with Gasteiger partial charge in [-0.05, 0) is 43.3 Å². The van der Waals surface area contributed by atoms with Crippen LogP contribution >= 0.6 is 0 Å². The molecule has 0 amide bonds. The number of anilines is 1. The van der Waals surface area contributed by atoms with E-state index in [-0.39, 0.29) is 10.9 Å². The fourth-order valence-corrected chi connectivity index (χ4v) is 5.02. The van der Waals surface area contributed by atoms with E-state index in [2.05, 4.69) is 33.9 Å². The molecule has 1 aliphatic rings. The van der Waals surface area contributed by atoms with E-state index >= 15 is 0 Å². The first-order valence-corrected chi connectivity index (χ1v) is 11.8. The number of sulfonamides is 1. The molecule has 2 heterocycles. The smallest absolute Gasteiger partial charge is 0.240 e. The molecule has 0 unspecified atom stereocenters. The lowest BCUT2D eigenvalue weighted by atomic mass is 10.1. The maximum Gasteiger partial charge on any atom is 0.240 e. The Balaban J connectivity index is 1.45. The highest BCUT2D eigenvalue weighted by Gasteiger charge is 2.32. The summed E-state index contributed by atoms with van der Waals surface area (Å²) >= 11 is 0. The Bertz CT molecular complexity index is 1030. The summed E-state index contributed by atoms with van der Waals surface area (Å²) in [5, 5.41) is 0. The minimum Gasteiger partial charge on any atom is -0.463 e. The van der Waals surface area contributed by atoms with Gasteiger partial charge in [0.05, 0.1) is 43.9 Å². The van der Waals surface area contributed by atoms with Gasteiger partial charge in [-0.1, -0.05) is 35.9 Å². The molecule has 2 aromatic carbocycles. The summed E-state index contributed by atoms with van der Waals surface area (Å²) < 4.78 is 34.0. The molecule has 158 valence electrons. The molecule has 2 N–H and O–H groups in total. The zero-order valence-electron chi connectivity index (χ0n) is 17.1. The zero-order chi connectivity index (χ0) is 21.0. The standard InChI is InChI=1S/C23H27N3O3S/c1-19-9-11-21(12-10-19)30(27,28)24-18-22(23-8-5-17-29-23)26-15-13-25(14-16-26)20-6-3-2-4-7-20/h2-12,17,22,24H,13-16,18H2,1H3/p+1/t22-/m0/s1. The van der Waals surface area contributed by atoms with Crippen molar-refractivity contribution >= 4 is 15.7 Å². The van der Waals surface area contributed by atoms with Crippen molar-refractivity contribution in [1.29, 1.82) is 0 Å². The summed E-state index contributed by atoms with van der Waals surface area (Å²) in [5.41, 5.74) is 2.26. The first-order chi connectivity index (χ1) is 14.5. The highest BCUT2D eigenvalue weighted by Crippen LogP contribution is 2.16. The van der Waals surface area contributed by atoms with Crippen molar-refractivity contribution < 1.29 is 17.7 Å². The summed E-state index contributed by atoms with van der Waals surface area (Å²) in [5.74, 6) is 0.810. The monoisotopic (exact) mass is 426 g/mol. The van der Waals surface area contributed by atoms with Crippen LogP contribution < -0.4 is 14.5 Å². The summed E-state index contributed by atoms with van der Waals surface area (Å²) in [6.45, 7) is 5.89. The van der Waals surface area contributed by atoms with Gasteiger partial charge < -0.3 is 14.2 Å². The van der Waals surface area contributed by atoms with Gasteiger partial charge in [0.15, 0.2) is 11.8 Å². The Morgan fingerprint density at radius 3 is 2.33 bits per heavy atom. The van der Waals surface area contributed by atoms with Crippen molar-refractivity contribution in [2.45, 2.75) is 17.9 Å². The number of furan rings is 1. The van der Waals surface area contributed by atoms with Crippen LogP contribution in [-0.2, 0) is 10.0 Å². The molecule has 0 aliphatic carbocycles. The van der Waals surface area contributed by atoms with Crippen LogP contribution in [0.25, 0.3) is 0 Å². The van der Waals surface area contributed by atoms with Crippen LogP contribution in [0.2, 0.25) is 0 Å². The van der Waals surface area contributed by atoms with E-state index in [1.54, 1.807) is 18.4 Å². The van der Waals surface area contributed by atoms with E-state index in [0.29, 0.717) is 6.54 Å². The fraction of sp³-hybridized carbons (Fsp3) is 0.304. The molecule has 1 saturated heterocycles. The number of para-hydroxylation sites is 1. The molecular weight excluding hydrogens is 398 g/mol. The van der Waals surface area contributed by atoms with Crippen LogP contribution in [-0.4, -0.2) is 41.1 Å². The quantitative estimate of drug-likeness (QED) is 0.607. The van der Waals surface area contributed by atoms with Crippen molar-refractivity contribution in [2.24, 2.45) is 0 Å². The molecule has 0 radical (unpaired) electrons. The lowest BCUT2D eigenvalue weighted by Crippen LogP contribution is -3.15. The molecule has 1 aromatic heterocycles. The minimum absolute atomic E-state index is 0.0712. The molecular formula is C23H28N3O3S+. The van der Waals surface area contributed by atoms with Crippen LogP contribution in [0.15, 0.2) is 82.3 Å². The van der Waals surface area contributed by atoms with Crippen molar-refractivity contribution in [2.75, 3.05) is 37.6 Å². The number of hydrogen-bond acceptors (Lipinski definition) is 4. The van der Waals surface area contributed by atoms with Gasteiger partial charge >= 0.3 is 0 Å². The van der Waals surface area contributed by atoms with Gasteiger partial charge in [0.25, 0.3) is 0 Å². The molecule has 3 aromatic rings. The summed E-state index contributed by atoms with van der Waals surface area (Å²) in [6, 6.07) is 21.0. The van der Waals surface area contributed by atoms with Crippen LogP contribution in [0.5, 0.6) is 0 Å². The molecule has 4 rings (SSSR count). The molecule has 0 spiro atoms. The number of aryl methyl sites for hydroxylation is 1. The number of nitrogens with one attached hydrogen (secondary N) is 2. The molecule has 0 saturated carbocycles. The summed E-state index contributed by atoms with van der Waals surface area (Å²) in [7, 11) is -3.57. The highest BCUT2D eigenvalue weighted by molar-refractivity contribution is 7.89. The van der Waals surface area contributed by atoms with E-state index in [0.717, 1.165) is 37.5 Å². The number of quaternary nitrogens is 1. The van der Waals surface area contributed by atoms with E-state index in [9.17, 15) is 8.42 Å². The molecule has 7 heteroatoms. The van der Waals surface area contributed by atoms with Crippen molar-refractivity contribution in [3.8, 4) is 0 Å². The van der Waals surface area contributed by atoms with Gasteiger partial charge in [-0.2, -0.15) is 0 Å². The summed E-state index contributed by atoms with van der Waals surface area (Å²) in [6.07, 6.45) is 1.65. The largest absolute Gasteiger partial charge is 0.463 e. The van der Waals surface area contributed by atoms with Crippen molar-refractivity contribution in [1.82, 2.24) is 4.72 Å². The number of piperazine rings is 1. The van der Waals surface area contributed by atoms with Gasteiger partial charge in [0.1, 0.15) is 0 Å². The van der Waals surface area contributed by atoms with E-state index < -0.39 is 10.0 Å². The second-order valence-electron chi connectivity index (χ2n) is 7.71. The third-order valence-corrected chi connectivity index (χ3v) is 7.15. The average Bonchev–Trinajstić information content (AvgIpc) is 3.30. The lowest BCUT2D eigenvalue weighted by molar-refractivity contribution is -0.931. The average molecular weight is 427 g/mol. The van der Waals surface area contributed by atoms with E-state index in [1.165, 1.54) is 10.6 Å². The second kappa shape index (κ2) is 9.04. The van der Waals surface area contributed by atoms with E-state index in [1.807, 2.05) is 37.3 Å². The maximum absolute atomic E-state index is 12.8. The second-order valence-corrected chi connectivity index (χ2v) is 9.48. The number of rotatable bonds is 7. The normalized spacial score (nSPS) is 16.5. The maximum atomic E-state index is 12.8. The molecule has 0 bridgehead atoms. The molecule has 30 heavy (non-hydrogen) atoms. The fourth-order valence-electron chi connectivity index (χ4n) is 3.97. The van der Waals surface area contributed by atoms with Crippen LogP contribution in [0.3, 0.4) is 0 Å². The molecule has 1 atom stereocenters. The predicted octanol–water partition coefficient (Wildman–Crippen LogP) is 2.01. The topological polar surface area (TPSA) is 67.0 Å². The van der Waals surface area contributed by atoms with Gasteiger partial charge in [-0.3, -0.25) is 0 Å². The first kappa shape index (κ1) is 20.7. The number of benzene rings is 2. The van der Waals surface area contributed by atoms with Crippen molar-refractivity contribution in [3.05, 3.63) is 84.3 Å². The number of nitrogens with zero attached hydrogens (tertiary/aromatic N) is 1. The molecule has 6 nitrogen and oxygen atoms in total. The Labute approximate surface area is 178 Å². The van der Waals surface area contributed by atoms with Crippen LogP contribution in [0, 0.1) is 6.92 Å². The Kier molecular flexibility index (Phi) is 6.22. The molecule has 1 aliphatic heterocycles. The van der Waals surface area contributed by atoms with Gasteiger partial charge in [0.2, 0.25) is 10.0 Å². The van der Waals surface area contributed by atoms with Crippen LogP contribution in [0.4, 0.5) is 5.69 Å². The highest BCUT2D eigenvalue weighted by atomic mass is 32.2. The van der Waals surface area contributed by atoms with E-state index in [4.69, 9.17) is 4.42 Å². The van der Waals surface area contributed by atoms with Gasteiger partial charge in [-0.25, -0.2) is 13.1 Å². The van der Waals surface area contributed by atoms with Crippen molar-refractivity contribution in [3.63, 3.8) is 0 Å². The first-order valence-electron chi connectivity index (χ1n) is 10.3. The predicted molar refractivity (Wildman–Crippen MR) is 117 cm³/mol. The third-order valence-electron chi connectivity index (χ3n) is 5.72. The SMILES string of the molecule is Cc1ccc(S(=O)(=O)NC[C@@H](c2ccco2)[NH+]2CCN(c3ccccc3)CC2)cc1. The number of hydrogen-bond donors (Lipinski definition) is 2. The third kappa shape index (κ3) is 4.75. The summed E-state index contributed by atoms with van der Waals surface area (Å²) in [4.78, 5) is 3.98. The van der Waals surface area contributed by atoms with Crippen LogP contribution in [0.1, 0.15) is 17.4 Å². The Morgan fingerprint density at radius 1 is 1.00 bits per heavy atom. The Hall–Kier alpha value is -2.61. The lowest BCUT2D eigenvalue weighted by Gasteiger charge is -2.37. The minimum atomic E-state index is -3.57. The molecule has 1 fully saturated rings. The van der Waals surface area contributed by atoms with Gasteiger partial charge in [0, 0.05) is 5.69 Å². The Morgan fingerprint density at radius 2 is 1.70 bits per heavy atom. The zero-order valence-corrected chi connectivity index (χ0v) is 17.9.